The number of pyridine rings is 1. The van der Waals surface area contributed by atoms with E-state index in [9.17, 15) is 15.0 Å². The Morgan fingerprint density at radius 3 is 2.76 bits per heavy atom. The van der Waals surface area contributed by atoms with Crippen molar-refractivity contribution in [3.05, 3.63) is 29.6 Å². The van der Waals surface area contributed by atoms with Crippen molar-refractivity contribution >= 4 is 5.91 Å². The van der Waals surface area contributed by atoms with E-state index in [1.54, 1.807) is 12.1 Å². The third kappa shape index (κ3) is 4.50. The van der Waals surface area contributed by atoms with Gasteiger partial charge >= 0.3 is 0 Å². The van der Waals surface area contributed by atoms with E-state index in [-0.39, 0.29) is 12.3 Å². The van der Waals surface area contributed by atoms with Crippen molar-refractivity contribution in [1.82, 2.24) is 10.3 Å². The van der Waals surface area contributed by atoms with Gasteiger partial charge in [-0.2, -0.15) is 0 Å². The Bertz CT molecular complexity index is 382. The van der Waals surface area contributed by atoms with Gasteiger partial charge < -0.3 is 15.5 Å². The Hall–Kier alpha value is -1.46. The maximum Gasteiger partial charge on any atom is 0.216 e. The lowest BCUT2D eigenvalue weighted by molar-refractivity contribution is -0.119. The van der Waals surface area contributed by atoms with Gasteiger partial charge in [0.25, 0.3) is 0 Å². The molecule has 1 rings (SSSR count). The molecule has 2 atom stereocenters. The SMILES string of the molecule is CC(=O)NCCC(O)C(O)c1cccc(C)n1. The van der Waals surface area contributed by atoms with E-state index < -0.39 is 12.2 Å². The number of aromatic nitrogens is 1. The van der Waals surface area contributed by atoms with Crippen LogP contribution in [0.3, 0.4) is 0 Å². The van der Waals surface area contributed by atoms with Crippen LogP contribution in [0.15, 0.2) is 18.2 Å². The van der Waals surface area contributed by atoms with Gasteiger partial charge in [-0.3, -0.25) is 9.78 Å². The number of aliphatic hydroxyl groups is 2. The van der Waals surface area contributed by atoms with Crippen LogP contribution in [-0.2, 0) is 4.79 Å². The van der Waals surface area contributed by atoms with E-state index in [0.717, 1.165) is 5.69 Å². The lowest BCUT2D eigenvalue weighted by Crippen LogP contribution is -2.28. The molecule has 3 N–H and O–H groups in total. The first-order valence-corrected chi connectivity index (χ1v) is 5.55. The molecule has 0 fully saturated rings. The van der Waals surface area contributed by atoms with Crippen molar-refractivity contribution in [2.75, 3.05) is 6.54 Å². The predicted octanol–water partition coefficient (Wildman–Crippen LogP) is 0.311. The third-order valence-corrected chi connectivity index (χ3v) is 2.39. The summed E-state index contributed by atoms with van der Waals surface area (Å²) in [5.41, 5.74) is 1.23. The van der Waals surface area contributed by atoms with Gasteiger partial charge in [0.15, 0.2) is 0 Å². The van der Waals surface area contributed by atoms with E-state index >= 15 is 0 Å². The molecule has 0 bridgehead atoms. The van der Waals surface area contributed by atoms with Gasteiger partial charge in [0.2, 0.25) is 5.91 Å². The number of carbonyl (C=O) groups is 1. The molecule has 94 valence electrons. The van der Waals surface area contributed by atoms with Gasteiger partial charge in [-0.25, -0.2) is 0 Å². The Morgan fingerprint density at radius 1 is 1.47 bits per heavy atom. The van der Waals surface area contributed by atoms with Crippen LogP contribution in [-0.4, -0.2) is 33.8 Å². The van der Waals surface area contributed by atoms with E-state index in [1.807, 2.05) is 13.0 Å². The zero-order valence-corrected chi connectivity index (χ0v) is 10.1. The minimum atomic E-state index is -1.02. The molecule has 0 saturated carbocycles. The Kier molecular flexibility index (Phi) is 5.06. The second-order valence-corrected chi connectivity index (χ2v) is 3.99. The number of aliphatic hydroxyl groups excluding tert-OH is 2. The fraction of sp³-hybridized carbons (Fsp3) is 0.500. The van der Waals surface area contributed by atoms with Crippen LogP contribution in [0, 0.1) is 6.92 Å². The van der Waals surface area contributed by atoms with Gasteiger partial charge in [0.05, 0.1) is 11.8 Å². The highest BCUT2D eigenvalue weighted by Gasteiger charge is 2.19. The first kappa shape index (κ1) is 13.6. The molecule has 2 unspecified atom stereocenters. The largest absolute Gasteiger partial charge is 0.390 e. The summed E-state index contributed by atoms with van der Waals surface area (Å²) < 4.78 is 0. The van der Waals surface area contributed by atoms with E-state index in [0.29, 0.717) is 12.2 Å². The summed E-state index contributed by atoms with van der Waals surface area (Å²) in [7, 11) is 0. The summed E-state index contributed by atoms with van der Waals surface area (Å²) in [4.78, 5) is 14.8. The quantitative estimate of drug-likeness (QED) is 0.689. The number of nitrogens with zero attached hydrogens (tertiary/aromatic N) is 1. The second kappa shape index (κ2) is 6.32. The van der Waals surface area contributed by atoms with Gasteiger partial charge in [0, 0.05) is 19.2 Å². The number of rotatable bonds is 5. The molecule has 1 aromatic heterocycles. The number of hydrogen-bond acceptors (Lipinski definition) is 4. The van der Waals surface area contributed by atoms with E-state index in [2.05, 4.69) is 10.3 Å². The number of aryl methyl sites for hydroxylation is 1. The highest BCUT2D eigenvalue weighted by atomic mass is 16.3. The topological polar surface area (TPSA) is 82.5 Å². The highest BCUT2D eigenvalue weighted by molar-refractivity contribution is 5.72. The Morgan fingerprint density at radius 2 is 2.18 bits per heavy atom. The molecule has 1 heterocycles. The van der Waals surface area contributed by atoms with Crippen LogP contribution in [0.4, 0.5) is 0 Å². The smallest absolute Gasteiger partial charge is 0.216 e. The van der Waals surface area contributed by atoms with Gasteiger partial charge in [-0.05, 0) is 25.5 Å². The van der Waals surface area contributed by atoms with Crippen LogP contribution in [0.1, 0.15) is 30.8 Å². The molecule has 0 radical (unpaired) electrons. The van der Waals surface area contributed by atoms with Crippen LogP contribution < -0.4 is 5.32 Å². The van der Waals surface area contributed by atoms with Crippen LogP contribution in [0.25, 0.3) is 0 Å². The molecule has 0 aliphatic rings. The average molecular weight is 238 g/mol. The minimum absolute atomic E-state index is 0.152. The zero-order valence-electron chi connectivity index (χ0n) is 10.1. The van der Waals surface area contributed by atoms with Gasteiger partial charge in [-0.1, -0.05) is 6.07 Å². The monoisotopic (exact) mass is 238 g/mol. The van der Waals surface area contributed by atoms with Gasteiger partial charge in [0.1, 0.15) is 6.10 Å². The van der Waals surface area contributed by atoms with E-state index in [4.69, 9.17) is 0 Å². The molecular formula is C12H18N2O3. The molecule has 0 aliphatic heterocycles. The van der Waals surface area contributed by atoms with Gasteiger partial charge in [-0.15, -0.1) is 0 Å². The lowest BCUT2D eigenvalue weighted by atomic mass is 10.1. The fourth-order valence-electron chi connectivity index (χ4n) is 1.48. The fourth-order valence-corrected chi connectivity index (χ4v) is 1.48. The lowest BCUT2D eigenvalue weighted by Gasteiger charge is -2.17. The first-order chi connectivity index (χ1) is 8.00. The number of hydrogen-bond donors (Lipinski definition) is 3. The highest BCUT2D eigenvalue weighted by Crippen LogP contribution is 2.16. The molecule has 0 spiro atoms. The molecular weight excluding hydrogens is 220 g/mol. The maximum atomic E-state index is 10.6. The summed E-state index contributed by atoms with van der Waals surface area (Å²) in [6.45, 7) is 3.56. The minimum Gasteiger partial charge on any atom is -0.390 e. The molecule has 5 nitrogen and oxygen atoms in total. The second-order valence-electron chi connectivity index (χ2n) is 3.99. The molecule has 17 heavy (non-hydrogen) atoms. The first-order valence-electron chi connectivity index (χ1n) is 5.55. The maximum absolute atomic E-state index is 10.6. The van der Waals surface area contributed by atoms with Crippen LogP contribution in [0.2, 0.25) is 0 Å². The molecule has 5 heteroatoms. The Labute approximate surface area is 101 Å². The predicted molar refractivity (Wildman–Crippen MR) is 63.2 cm³/mol. The third-order valence-electron chi connectivity index (χ3n) is 2.39. The standard InChI is InChI=1S/C12H18N2O3/c1-8-4-3-5-10(14-8)12(17)11(16)6-7-13-9(2)15/h3-5,11-12,16-17H,6-7H2,1-2H3,(H,13,15). The molecule has 1 amide bonds. The van der Waals surface area contributed by atoms with Crippen molar-refractivity contribution in [2.45, 2.75) is 32.5 Å². The zero-order chi connectivity index (χ0) is 12.8. The number of carbonyl (C=O) groups excluding carboxylic acids is 1. The summed E-state index contributed by atoms with van der Waals surface area (Å²) in [6.07, 6.45) is -1.67. The molecule has 0 aliphatic carbocycles. The summed E-state index contributed by atoms with van der Waals surface area (Å²) in [5.74, 6) is -0.152. The van der Waals surface area contributed by atoms with Crippen LogP contribution >= 0.6 is 0 Å². The van der Waals surface area contributed by atoms with Crippen molar-refractivity contribution in [2.24, 2.45) is 0 Å². The molecule has 1 aromatic rings. The summed E-state index contributed by atoms with van der Waals surface area (Å²) in [6, 6.07) is 5.26. The summed E-state index contributed by atoms with van der Waals surface area (Å²) in [5, 5.41) is 22.2. The van der Waals surface area contributed by atoms with Crippen molar-refractivity contribution < 1.29 is 15.0 Å². The summed E-state index contributed by atoms with van der Waals surface area (Å²) >= 11 is 0. The number of amides is 1. The normalized spacial score (nSPS) is 14.1. The Balaban J connectivity index is 2.51. The van der Waals surface area contributed by atoms with Crippen molar-refractivity contribution in [3.63, 3.8) is 0 Å². The number of nitrogens with one attached hydrogen (secondary N) is 1. The molecule has 0 aromatic carbocycles. The molecule has 0 saturated heterocycles. The van der Waals surface area contributed by atoms with Crippen LogP contribution in [0.5, 0.6) is 0 Å². The van der Waals surface area contributed by atoms with E-state index in [1.165, 1.54) is 6.92 Å². The van der Waals surface area contributed by atoms with Crippen molar-refractivity contribution in [1.29, 1.82) is 0 Å². The average Bonchev–Trinajstić information content (AvgIpc) is 2.27. The van der Waals surface area contributed by atoms with Crippen molar-refractivity contribution in [3.8, 4) is 0 Å².